The van der Waals surface area contributed by atoms with Gasteiger partial charge in [-0.3, -0.25) is 4.90 Å². The van der Waals surface area contributed by atoms with Crippen molar-refractivity contribution in [2.75, 3.05) is 6.54 Å². The van der Waals surface area contributed by atoms with Gasteiger partial charge in [0.2, 0.25) is 0 Å². The van der Waals surface area contributed by atoms with Crippen LogP contribution in [0.5, 0.6) is 0 Å². The molecule has 1 aliphatic heterocycles. The van der Waals surface area contributed by atoms with E-state index in [0.29, 0.717) is 0 Å². The van der Waals surface area contributed by atoms with Crippen molar-refractivity contribution < 1.29 is 5.11 Å². The van der Waals surface area contributed by atoms with Gasteiger partial charge in [-0.2, -0.15) is 0 Å². The van der Waals surface area contributed by atoms with E-state index in [1.54, 1.807) is 0 Å². The van der Waals surface area contributed by atoms with E-state index in [-0.39, 0.29) is 6.61 Å². The average Bonchev–Trinajstić information content (AvgIpc) is 2.59. The zero-order valence-corrected chi connectivity index (χ0v) is 8.66. The van der Waals surface area contributed by atoms with Crippen LogP contribution in [0.1, 0.15) is 30.0 Å². The molecule has 2 rings (SSSR count). The van der Waals surface area contributed by atoms with Gasteiger partial charge in [-0.15, -0.1) is 0 Å². The molecule has 0 radical (unpaired) electrons. The third-order valence-corrected chi connectivity index (χ3v) is 2.78. The Kier molecular flexibility index (Phi) is 2.85. The minimum Gasteiger partial charge on any atom is -0.392 e. The lowest BCUT2D eigenvalue weighted by Crippen LogP contribution is -2.16. The lowest BCUT2D eigenvalue weighted by Gasteiger charge is -2.11. The van der Waals surface area contributed by atoms with Crippen molar-refractivity contribution in [2.24, 2.45) is 0 Å². The summed E-state index contributed by atoms with van der Waals surface area (Å²) in [5, 5.41) is 9.02. The van der Waals surface area contributed by atoms with Gasteiger partial charge in [0.1, 0.15) is 0 Å². The van der Waals surface area contributed by atoms with E-state index in [2.05, 4.69) is 24.0 Å². The Labute approximate surface area is 85.2 Å². The van der Waals surface area contributed by atoms with E-state index in [4.69, 9.17) is 5.11 Å². The van der Waals surface area contributed by atoms with Gasteiger partial charge in [-0.25, -0.2) is 0 Å². The molecule has 0 spiro atoms. The lowest BCUT2D eigenvalue weighted by atomic mass is 10.1. The summed E-state index contributed by atoms with van der Waals surface area (Å²) in [6, 6.07) is 6.30. The van der Waals surface area contributed by atoms with Crippen LogP contribution >= 0.6 is 0 Å². The lowest BCUT2D eigenvalue weighted by molar-refractivity contribution is 0.280. The summed E-state index contributed by atoms with van der Waals surface area (Å²) in [6.07, 6.45) is 1.21. The first-order chi connectivity index (χ1) is 6.83. The minimum atomic E-state index is 0.154. The molecule has 1 heterocycles. The van der Waals surface area contributed by atoms with Crippen LogP contribution in [0.4, 0.5) is 0 Å². The molecule has 1 aromatic carbocycles. The van der Waals surface area contributed by atoms with Crippen molar-refractivity contribution in [3.63, 3.8) is 0 Å². The van der Waals surface area contributed by atoms with Gasteiger partial charge in [0, 0.05) is 13.1 Å². The minimum absolute atomic E-state index is 0.154. The molecule has 0 aromatic heterocycles. The molecule has 0 unspecified atom stereocenters. The predicted molar refractivity (Wildman–Crippen MR) is 56.8 cm³/mol. The third-order valence-electron chi connectivity index (χ3n) is 2.78. The van der Waals surface area contributed by atoms with Crippen LogP contribution < -0.4 is 0 Å². The molecule has 2 nitrogen and oxygen atoms in total. The number of fused-ring (bicyclic) bond motifs is 1. The average molecular weight is 191 g/mol. The Morgan fingerprint density at radius 2 is 2.07 bits per heavy atom. The maximum atomic E-state index is 9.02. The van der Waals surface area contributed by atoms with Gasteiger partial charge in [-0.05, 0) is 29.7 Å². The van der Waals surface area contributed by atoms with E-state index in [1.807, 2.05) is 6.07 Å². The Hall–Kier alpha value is -0.860. The van der Waals surface area contributed by atoms with E-state index in [1.165, 1.54) is 24.1 Å². The highest BCUT2D eigenvalue weighted by Gasteiger charge is 2.17. The molecule has 0 atom stereocenters. The van der Waals surface area contributed by atoms with Crippen LogP contribution in [0.2, 0.25) is 0 Å². The molecule has 0 bridgehead atoms. The van der Waals surface area contributed by atoms with Gasteiger partial charge in [0.15, 0.2) is 0 Å². The molecule has 0 amide bonds. The number of benzene rings is 1. The van der Waals surface area contributed by atoms with Gasteiger partial charge >= 0.3 is 0 Å². The summed E-state index contributed by atoms with van der Waals surface area (Å²) in [4.78, 5) is 2.45. The second-order valence-corrected chi connectivity index (χ2v) is 3.97. The first-order valence-electron chi connectivity index (χ1n) is 5.27. The van der Waals surface area contributed by atoms with Gasteiger partial charge in [0.25, 0.3) is 0 Å². The summed E-state index contributed by atoms with van der Waals surface area (Å²) in [5.74, 6) is 0. The van der Waals surface area contributed by atoms with E-state index in [9.17, 15) is 0 Å². The summed E-state index contributed by atoms with van der Waals surface area (Å²) < 4.78 is 0. The molecule has 0 saturated heterocycles. The van der Waals surface area contributed by atoms with E-state index < -0.39 is 0 Å². The summed E-state index contributed by atoms with van der Waals surface area (Å²) in [5.41, 5.74) is 3.85. The van der Waals surface area contributed by atoms with Crippen molar-refractivity contribution in [2.45, 2.75) is 33.0 Å². The molecular weight excluding hydrogens is 174 g/mol. The number of hydrogen-bond acceptors (Lipinski definition) is 2. The predicted octanol–water partition coefficient (Wildman–Crippen LogP) is 1.90. The Balaban J connectivity index is 2.14. The fourth-order valence-corrected chi connectivity index (χ4v) is 2.09. The SMILES string of the molecule is CCCN1Cc2ccc(CO)cc2C1. The topological polar surface area (TPSA) is 23.5 Å². The smallest absolute Gasteiger partial charge is 0.0681 e. The maximum absolute atomic E-state index is 9.02. The first kappa shape index (κ1) is 9.69. The molecule has 0 fully saturated rings. The molecule has 1 aliphatic rings. The quantitative estimate of drug-likeness (QED) is 0.788. The normalized spacial score (nSPS) is 15.9. The van der Waals surface area contributed by atoms with Gasteiger partial charge in [0.05, 0.1) is 6.61 Å². The highest BCUT2D eigenvalue weighted by Crippen LogP contribution is 2.23. The zero-order valence-electron chi connectivity index (χ0n) is 8.66. The third kappa shape index (κ3) is 1.81. The van der Waals surface area contributed by atoms with Crippen LogP contribution in [-0.4, -0.2) is 16.6 Å². The van der Waals surface area contributed by atoms with Crippen LogP contribution in [-0.2, 0) is 19.7 Å². The Morgan fingerprint density at radius 3 is 2.79 bits per heavy atom. The molecule has 1 aromatic rings. The monoisotopic (exact) mass is 191 g/mol. The molecule has 14 heavy (non-hydrogen) atoms. The highest BCUT2D eigenvalue weighted by molar-refractivity contribution is 5.34. The second kappa shape index (κ2) is 4.11. The number of nitrogens with zero attached hydrogens (tertiary/aromatic N) is 1. The summed E-state index contributed by atoms with van der Waals surface area (Å²) >= 11 is 0. The largest absolute Gasteiger partial charge is 0.392 e. The maximum Gasteiger partial charge on any atom is 0.0681 e. The van der Waals surface area contributed by atoms with Crippen molar-refractivity contribution in [1.29, 1.82) is 0 Å². The van der Waals surface area contributed by atoms with Crippen molar-refractivity contribution in [3.8, 4) is 0 Å². The Bertz CT molecular complexity index is 322. The number of aliphatic hydroxyl groups is 1. The van der Waals surface area contributed by atoms with Gasteiger partial charge < -0.3 is 5.11 Å². The van der Waals surface area contributed by atoms with Crippen LogP contribution in [0.25, 0.3) is 0 Å². The fraction of sp³-hybridized carbons (Fsp3) is 0.500. The molecule has 2 heteroatoms. The molecule has 0 saturated carbocycles. The van der Waals surface area contributed by atoms with Crippen molar-refractivity contribution in [3.05, 3.63) is 34.9 Å². The van der Waals surface area contributed by atoms with Crippen LogP contribution in [0.3, 0.4) is 0 Å². The highest BCUT2D eigenvalue weighted by atomic mass is 16.3. The molecule has 76 valence electrons. The second-order valence-electron chi connectivity index (χ2n) is 3.97. The number of hydrogen-bond donors (Lipinski definition) is 1. The Morgan fingerprint density at radius 1 is 1.29 bits per heavy atom. The fourth-order valence-electron chi connectivity index (χ4n) is 2.09. The first-order valence-corrected chi connectivity index (χ1v) is 5.27. The van der Waals surface area contributed by atoms with Crippen LogP contribution in [0, 0.1) is 0 Å². The molecular formula is C12H17NO. The standard InChI is InChI=1S/C12H17NO/c1-2-5-13-7-11-4-3-10(9-14)6-12(11)8-13/h3-4,6,14H,2,5,7-9H2,1H3. The van der Waals surface area contributed by atoms with Gasteiger partial charge in [-0.1, -0.05) is 25.1 Å². The molecule has 1 N–H and O–H groups in total. The van der Waals surface area contributed by atoms with E-state index in [0.717, 1.165) is 18.7 Å². The zero-order chi connectivity index (χ0) is 9.97. The number of rotatable bonds is 3. The van der Waals surface area contributed by atoms with E-state index >= 15 is 0 Å². The van der Waals surface area contributed by atoms with Crippen LogP contribution in [0.15, 0.2) is 18.2 Å². The van der Waals surface area contributed by atoms with Crippen molar-refractivity contribution >= 4 is 0 Å². The number of aliphatic hydroxyl groups excluding tert-OH is 1. The van der Waals surface area contributed by atoms with Crippen molar-refractivity contribution in [1.82, 2.24) is 4.90 Å². The summed E-state index contributed by atoms with van der Waals surface area (Å²) in [7, 11) is 0. The summed E-state index contributed by atoms with van der Waals surface area (Å²) in [6.45, 7) is 5.66. The molecule has 0 aliphatic carbocycles.